The Morgan fingerprint density at radius 3 is 0.870 bits per heavy atom. The Balaban J connectivity index is 0.000000403. The number of nitrogens with zero attached hydrogens (tertiary/aromatic N) is 4. The molecule has 0 aliphatic carbocycles. The first kappa shape index (κ1) is 22.2. The van der Waals surface area contributed by atoms with Crippen LogP contribution in [-0.4, -0.2) is 64.1 Å². The summed E-state index contributed by atoms with van der Waals surface area (Å²) in [6.07, 6.45) is 0. The molecule has 23 heavy (non-hydrogen) atoms. The monoisotopic (exact) mass is 436 g/mol. The summed E-state index contributed by atoms with van der Waals surface area (Å²) < 4.78 is 0.644. The number of H-pyrrole nitrogens is 2. The third-order valence-corrected chi connectivity index (χ3v) is 3.01. The second-order valence-corrected chi connectivity index (χ2v) is 4.51. The molecule has 12 nitrogen and oxygen atoms in total. The first-order valence-corrected chi connectivity index (χ1v) is 6.04. The SMILES string of the molecule is O=c1[nH]c(=O)n(Cl)c(=O)n1Cl.O=c1[nH]c(=O)n(Cl)c(=O)n1Cl.[CaH2]. The molecule has 0 radical (unpaired) electrons. The average Bonchev–Trinajstić information content (AvgIpc) is 2.47. The fraction of sp³-hybridized carbons (Fsp3) is 0. The molecule has 0 fully saturated rings. The summed E-state index contributed by atoms with van der Waals surface area (Å²) in [4.78, 5) is 66.8. The van der Waals surface area contributed by atoms with E-state index in [4.69, 9.17) is 47.1 Å². The van der Waals surface area contributed by atoms with Crippen molar-refractivity contribution in [1.82, 2.24) is 26.3 Å². The van der Waals surface area contributed by atoms with E-state index in [1.54, 1.807) is 9.97 Å². The summed E-state index contributed by atoms with van der Waals surface area (Å²) in [6, 6.07) is 0. The summed E-state index contributed by atoms with van der Waals surface area (Å²) >= 11 is 20.3. The van der Waals surface area contributed by atoms with E-state index in [1.165, 1.54) is 0 Å². The van der Waals surface area contributed by atoms with E-state index in [0.29, 0.717) is 0 Å². The standard InChI is InChI=1S/2C3HCl2N3O3.Ca.2H/c2*4-7-1(9)6-2(10)8(5)3(7)11;;;/h2*(H,6,9,10);;;. The van der Waals surface area contributed by atoms with Gasteiger partial charge in [-0.25, -0.2) is 28.8 Å². The molecule has 2 aromatic rings. The van der Waals surface area contributed by atoms with Crippen LogP contribution in [0.25, 0.3) is 0 Å². The van der Waals surface area contributed by atoms with Gasteiger partial charge in [-0.3, -0.25) is 9.97 Å². The van der Waals surface area contributed by atoms with E-state index in [9.17, 15) is 28.8 Å². The van der Waals surface area contributed by atoms with Gasteiger partial charge in [-0.2, -0.15) is 0 Å². The predicted molar refractivity (Wildman–Crippen MR) is 84.7 cm³/mol. The Morgan fingerprint density at radius 1 is 0.522 bits per heavy atom. The van der Waals surface area contributed by atoms with E-state index in [-0.39, 0.29) is 54.1 Å². The summed E-state index contributed by atoms with van der Waals surface area (Å²) in [7, 11) is 0. The number of aromatic amines is 2. The molecule has 2 N–H and O–H groups in total. The van der Waals surface area contributed by atoms with Gasteiger partial charge < -0.3 is 0 Å². The Hall–Kier alpha value is -0.760. The molecule has 0 bridgehead atoms. The number of hydrogen-bond acceptors (Lipinski definition) is 6. The summed E-state index contributed by atoms with van der Waals surface area (Å²) in [6.45, 7) is 0. The first-order valence-electron chi connectivity index (χ1n) is 4.69. The molecule has 2 rings (SSSR count). The van der Waals surface area contributed by atoms with Crippen molar-refractivity contribution >= 4 is 84.8 Å². The van der Waals surface area contributed by atoms with Crippen LogP contribution in [0.3, 0.4) is 0 Å². The maximum atomic E-state index is 10.7. The Labute approximate surface area is 172 Å². The number of nitrogens with one attached hydrogen (secondary N) is 2. The summed E-state index contributed by atoms with van der Waals surface area (Å²) in [5, 5.41) is 0. The van der Waals surface area contributed by atoms with Crippen LogP contribution in [0.4, 0.5) is 0 Å². The Bertz CT molecular complexity index is 898. The zero-order chi connectivity index (χ0) is 17.2. The van der Waals surface area contributed by atoms with E-state index in [2.05, 4.69) is 0 Å². The van der Waals surface area contributed by atoms with Crippen LogP contribution in [0.15, 0.2) is 28.8 Å². The normalized spacial score (nSPS) is 9.57. The molecule has 0 saturated carbocycles. The van der Waals surface area contributed by atoms with Crippen LogP contribution < -0.4 is 34.1 Å². The zero-order valence-electron chi connectivity index (χ0n) is 9.75. The van der Waals surface area contributed by atoms with Crippen molar-refractivity contribution in [1.29, 1.82) is 0 Å². The van der Waals surface area contributed by atoms with Gasteiger partial charge in [-0.15, -0.1) is 16.3 Å². The van der Waals surface area contributed by atoms with Gasteiger partial charge in [-0.05, 0) is 0 Å². The Morgan fingerprint density at radius 2 is 0.696 bits per heavy atom. The van der Waals surface area contributed by atoms with Gasteiger partial charge in [0.1, 0.15) is 0 Å². The summed E-state index contributed by atoms with van der Waals surface area (Å²) in [5.74, 6) is 0. The summed E-state index contributed by atoms with van der Waals surface area (Å²) in [5.41, 5.74) is -6.25. The molecule has 2 aromatic heterocycles. The fourth-order valence-electron chi connectivity index (χ4n) is 0.881. The van der Waals surface area contributed by atoms with Crippen LogP contribution in [0.5, 0.6) is 0 Å². The number of rotatable bonds is 0. The van der Waals surface area contributed by atoms with Crippen LogP contribution in [-0.2, 0) is 0 Å². The van der Waals surface area contributed by atoms with Crippen molar-refractivity contribution in [2.24, 2.45) is 0 Å². The van der Waals surface area contributed by atoms with Gasteiger partial charge in [0.05, 0.1) is 0 Å². The van der Waals surface area contributed by atoms with E-state index in [1.807, 2.05) is 0 Å². The average molecular weight is 438 g/mol. The molecule has 2 heterocycles. The molecule has 0 spiro atoms. The second kappa shape index (κ2) is 8.92. The topological polar surface area (TPSA) is 154 Å². The molecule has 17 heteroatoms. The molecule has 0 aliphatic heterocycles. The second-order valence-electron chi connectivity index (χ2n) is 3.16. The van der Waals surface area contributed by atoms with E-state index >= 15 is 0 Å². The predicted octanol–water partition coefficient (Wildman–Crippen LogP) is -3.51. The van der Waals surface area contributed by atoms with Crippen molar-refractivity contribution in [3.63, 3.8) is 0 Å². The maximum absolute atomic E-state index is 10.7. The molecule has 124 valence electrons. The third-order valence-electron chi connectivity index (χ3n) is 1.81. The van der Waals surface area contributed by atoms with Gasteiger partial charge in [0.15, 0.2) is 0 Å². The molecular weight excluding hydrogens is 434 g/mol. The fourth-order valence-corrected chi connectivity index (χ4v) is 1.43. The van der Waals surface area contributed by atoms with Gasteiger partial charge in [0.25, 0.3) is 0 Å². The van der Waals surface area contributed by atoms with Crippen molar-refractivity contribution in [3.8, 4) is 0 Å². The molecule has 0 unspecified atom stereocenters. The van der Waals surface area contributed by atoms with E-state index in [0.717, 1.165) is 0 Å². The van der Waals surface area contributed by atoms with Gasteiger partial charge in [-0.1, -0.05) is 0 Å². The number of hydrogen-bond donors (Lipinski definition) is 2. The molecule has 0 atom stereocenters. The van der Waals surface area contributed by atoms with Crippen LogP contribution in [0, 0.1) is 0 Å². The molecular formula is C6H4CaCl4N6O6. The number of aromatic nitrogens is 6. The first-order chi connectivity index (χ1) is 10.1. The molecule has 0 aliphatic rings. The minimum atomic E-state index is -1.10. The van der Waals surface area contributed by atoms with Crippen LogP contribution in [0.2, 0.25) is 0 Å². The minimum absolute atomic E-state index is 0. The third kappa shape index (κ3) is 5.11. The van der Waals surface area contributed by atoms with Crippen LogP contribution >= 0.6 is 47.1 Å². The van der Waals surface area contributed by atoms with Gasteiger partial charge in [0.2, 0.25) is 0 Å². The molecule has 0 aromatic carbocycles. The molecule has 0 amide bonds. The van der Waals surface area contributed by atoms with Crippen molar-refractivity contribution in [2.75, 3.05) is 0 Å². The quantitative estimate of drug-likeness (QED) is 0.407. The van der Waals surface area contributed by atoms with E-state index < -0.39 is 34.1 Å². The van der Waals surface area contributed by atoms with Crippen molar-refractivity contribution in [3.05, 3.63) is 62.9 Å². The van der Waals surface area contributed by atoms with Gasteiger partial charge in [0, 0.05) is 47.1 Å². The van der Waals surface area contributed by atoms with Crippen molar-refractivity contribution < 1.29 is 0 Å². The van der Waals surface area contributed by atoms with Crippen LogP contribution in [0.1, 0.15) is 0 Å². The van der Waals surface area contributed by atoms with Crippen molar-refractivity contribution in [2.45, 2.75) is 0 Å². The van der Waals surface area contributed by atoms with Gasteiger partial charge >= 0.3 is 71.9 Å². The molecule has 0 saturated heterocycles. The number of halogens is 4. The zero-order valence-corrected chi connectivity index (χ0v) is 12.8. The Kier molecular flexibility index (Phi) is 8.62.